The molecule has 2 unspecified atom stereocenters. The number of fused-ring (bicyclic) bond motifs is 1. The number of rotatable bonds is 1. The first-order valence-corrected chi connectivity index (χ1v) is 6.39. The molecule has 2 aliphatic rings. The molecule has 3 heterocycles. The maximum Gasteiger partial charge on any atom is 0.0474 e. The number of hydrogen-bond donors (Lipinski definition) is 1. The molecular weight excluding hydrogens is 212 g/mol. The van der Waals surface area contributed by atoms with E-state index in [9.17, 15) is 0 Å². The Balaban J connectivity index is 1.78. The van der Waals surface area contributed by atoms with E-state index < -0.39 is 0 Å². The van der Waals surface area contributed by atoms with Crippen LogP contribution in [0.5, 0.6) is 0 Å². The summed E-state index contributed by atoms with van der Waals surface area (Å²) in [6.45, 7) is 5.74. The molecule has 0 aromatic carbocycles. The first-order valence-electron chi connectivity index (χ1n) is 6.39. The monoisotopic (exact) mass is 232 g/mol. The molecule has 0 amide bonds. The fourth-order valence-electron chi connectivity index (χ4n) is 2.99. The van der Waals surface area contributed by atoms with Crippen LogP contribution in [0.1, 0.15) is 11.6 Å². The van der Waals surface area contributed by atoms with Crippen molar-refractivity contribution in [3.8, 4) is 0 Å². The van der Waals surface area contributed by atoms with Gasteiger partial charge in [0.25, 0.3) is 0 Å². The highest BCUT2D eigenvalue weighted by Gasteiger charge is 2.33. The lowest BCUT2D eigenvalue weighted by Crippen LogP contribution is -2.61. The molecule has 4 nitrogen and oxygen atoms in total. The van der Waals surface area contributed by atoms with E-state index in [-0.39, 0.29) is 0 Å². The van der Waals surface area contributed by atoms with E-state index in [1.165, 1.54) is 12.1 Å². The third-order valence-electron chi connectivity index (χ3n) is 4.00. The van der Waals surface area contributed by atoms with Gasteiger partial charge in [-0.15, -0.1) is 0 Å². The molecule has 0 saturated carbocycles. The Hall–Kier alpha value is -0.970. The second kappa shape index (κ2) is 4.72. The number of pyridine rings is 1. The minimum atomic E-state index is 0.521. The van der Waals surface area contributed by atoms with E-state index in [0.29, 0.717) is 12.1 Å². The highest BCUT2D eigenvalue weighted by atomic mass is 15.3. The third-order valence-corrected chi connectivity index (χ3v) is 4.00. The molecule has 1 aromatic rings. The Morgan fingerprint density at radius 1 is 1.29 bits per heavy atom. The highest BCUT2D eigenvalue weighted by molar-refractivity contribution is 5.17. The molecule has 0 bridgehead atoms. The second-order valence-electron chi connectivity index (χ2n) is 5.09. The van der Waals surface area contributed by atoms with Gasteiger partial charge in [0.2, 0.25) is 0 Å². The molecule has 0 aliphatic carbocycles. The Morgan fingerprint density at radius 3 is 2.94 bits per heavy atom. The van der Waals surface area contributed by atoms with Gasteiger partial charge in [0.1, 0.15) is 0 Å². The van der Waals surface area contributed by atoms with Crippen LogP contribution in [0.15, 0.2) is 24.5 Å². The van der Waals surface area contributed by atoms with Crippen molar-refractivity contribution in [1.82, 2.24) is 20.1 Å². The molecule has 0 radical (unpaired) electrons. The average molecular weight is 232 g/mol. The van der Waals surface area contributed by atoms with Gasteiger partial charge in [-0.2, -0.15) is 0 Å². The van der Waals surface area contributed by atoms with Crippen LogP contribution in [-0.2, 0) is 0 Å². The van der Waals surface area contributed by atoms with Crippen LogP contribution in [0.3, 0.4) is 0 Å². The van der Waals surface area contributed by atoms with Crippen molar-refractivity contribution in [3.63, 3.8) is 0 Å². The lowest BCUT2D eigenvalue weighted by Gasteiger charge is -2.47. The van der Waals surface area contributed by atoms with Gasteiger partial charge in [0.15, 0.2) is 0 Å². The van der Waals surface area contributed by atoms with Gasteiger partial charge in [-0.3, -0.25) is 14.8 Å². The summed E-state index contributed by atoms with van der Waals surface area (Å²) in [5.41, 5.74) is 1.39. The summed E-state index contributed by atoms with van der Waals surface area (Å²) < 4.78 is 0. The summed E-state index contributed by atoms with van der Waals surface area (Å²) >= 11 is 0. The molecule has 0 spiro atoms. The number of nitrogens with zero attached hydrogens (tertiary/aromatic N) is 3. The van der Waals surface area contributed by atoms with Crippen LogP contribution < -0.4 is 5.32 Å². The van der Waals surface area contributed by atoms with E-state index in [2.05, 4.69) is 39.3 Å². The number of nitrogens with one attached hydrogen (secondary N) is 1. The lowest BCUT2D eigenvalue weighted by atomic mass is 10.00. The van der Waals surface area contributed by atoms with Crippen molar-refractivity contribution in [2.75, 3.05) is 39.8 Å². The third kappa shape index (κ3) is 2.20. The predicted molar refractivity (Wildman–Crippen MR) is 67.8 cm³/mol. The average Bonchev–Trinajstić information content (AvgIpc) is 2.39. The summed E-state index contributed by atoms with van der Waals surface area (Å²) in [4.78, 5) is 9.21. The van der Waals surface area contributed by atoms with Crippen molar-refractivity contribution in [1.29, 1.82) is 0 Å². The molecule has 3 rings (SSSR count). The van der Waals surface area contributed by atoms with Gasteiger partial charge in [-0.1, -0.05) is 0 Å². The summed E-state index contributed by atoms with van der Waals surface area (Å²) in [5.74, 6) is 0. The van der Waals surface area contributed by atoms with Crippen LogP contribution in [0.25, 0.3) is 0 Å². The minimum Gasteiger partial charge on any atom is -0.314 e. The molecule has 2 atom stereocenters. The van der Waals surface area contributed by atoms with E-state index >= 15 is 0 Å². The van der Waals surface area contributed by atoms with Gasteiger partial charge in [-0.25, -0.2) is 0 Å². The van der Waals surface area contributed by atoms with Crippen molar-refractivity contribution in [2.24, 2.45) is 0 Å². The molecule has 1 aromatic heterocycles. The first kappa shape index (κ1) is 11.1. The van der Waals surface area contributed by atoms with Gasteiger partial charge < -0.3 is 5.32 Å². The van der Waals surface area contributed by atoms with Crippen LogP contribution in [0, 0.1) is 0 Å². The smallest absolute Gasteiger partial charge is 0.0474 e. The topological polar surface area (TPSA) is 31.4 Å². The molecule has 92 valence electrons. The Bertz CT molecular complexity index is 367. The zero-order valence-corrected chi connectivity index (χ0v) is 10.3. The molecule has 2 aliphatic heterocycles. The van der Waals surface area contributed by atoms with Gasteiger partial charge in [0, 0.05) is 57.2 Å². The molecule has 4 heteroatoms. The maximum atomic E-state index is 4.10. The summed E-state index contributed by atoms with van der Waals surface area (Å²) in [7, 11) is 2.23. The van der Waals surface area contributed by atoms with Crippen LogP contribution in [0.2, 0.25) is 0 Å². The number of likely N-dealkylation sites (N-methyl/N-ethyl adjacent to an activating group) is 1. The van der Waals surface area contributed by atoms with Crippen molar-refractivity contribution >= 4 is 0 Å². The molecular formula is C13H20N4. The van der Waals surface area contributed by atoms with Crippen LogP contribution in [-0.4, -0.2) is 60.6 Å². The van der Waals surface area contributed by atoms with E-state index in [1.54, 1.807) is 0 Å². The fourth-order valence-corrected chi connectivity index (χ4v) is 2.99. The van der Waals surface area contributed by atoms with E-state index in [0.717, 1.165) is 26.2 Å². The first-order chi connectivity index (χ1) is 8.34. The Morgan fingerprint density at radius 2 is 2.12 bits per heavy atom. The minimum absolute atomic E-state index is 0.521. The summed E-state index contributed by atoms with van der Waals surface area (Å²) in [6.07, 6.45) is 3.79. The van der Waals surface area contributed by atoms with Crippen molar-refractivity contribution in [3.05, 3.63) is 30.1 Å². The second-order valence-corrected chi connectivity index (χ2v) is 5.09. The van der Waals surface area contributed by atoms with Crippen molar-refractivity contribution < 1.29 is 0 Å². The largest absolute Gasteiger partial charge is 0.314 e. The van der Waals surface area contributed by atoms with Gasteiger partial charge >= 0.3 is 0 Å². The lowest BCUT2D eigenvalue weighted by molar-refractivity contribution is 0.0300. The number of hydrogen-bond acceptors (Lipinski definition) is 4. The van der Waals surface area contributed by atoms with Crippen molar-refractivity contribution in [2.45, 2.75) is 12.1 Å². The molecule has 2 saturated heterocycles. The summed E-state index contributed by atoms with van der Waals surface area (Å²) in [5, 5.41) is 3.48. The van der Waals surface area contributed by atoms with E-state index in [1.807, 2.05) is 12.4 Å². The SMILES string of the molecule is CN1CC2CNCCN2CC1c1ccncc1. The van der Waals surface area contributed by atoms with E-state index in [4.69, 9.17) is 0 Å². The zero-order valence-electron chi connectivity index (χ0n) is 10.3. The maximum absolute atomic E-state index is 4.10. The highest BCUT2D eigenvalue weighted by Crippen LogP contribution is 2.26. The molecule has 17 heavy (non-hydrogen) atoms. The quantitative estimate of drug-likeness (QED) is 0.757. The van der Waals surface area contributed by atoms with Gasteiger partial charge in [0.05, 0.1) is 0 Å². The number of piperazine rings is 2. The molecule has 2 fully saturated rings. The zero-order chi connectivity index (χ0) is 11.7. The predicted octanol–water partition coefficient (Wildman–Crippen LogP) is 0.342. The number of aromatic nitrogens is 1. The fraction of sp³-hybridized carbons (Fsp3) is 0.615. The molecule has 1 N–H and O–H groups in total. The van der Waals surface area contributed by atoms with Crippen LogP contribution >= 0.6 is 0 Å². The Labute approximate surface area is 103 Å². The Kier molecular flexibility index (Phi) is 3.09. The van der Waals surface area contributed by atoms with Gasteiger partial charge in [-0.05, 0) is 24.7 Å². The normalized spacial score (nSPS) is 31.1. The summed E-state index contributed by atoms with van der Waals surface area (Å²) in [6, 6.07) is 5.49. The van der Waals surface area contributed by atoms with Crippen LogP contribution in [0.4, 0.5) is 0 Å². The standard InChI is InChI=1S/C13H20N4/c1-16-9-12-8-15-6-7-17(12)10-13(16)11-2-4-14-5-3-11/h2-5,12-13,15H,6-10H2,1H3.